The van der Waals surface area contributed by atoms with Crippen LogP contribution < -0.4 is 10.2 Å². The molecule has 0 atom stereocenters. The van der Waals surface area contributed by atoms with Crippen LogP contribution in [-0.2, 0) is 14.4 Å². The summed E-state index contributed by atoms with van der Waals surface area (Å²) in [5, 5.41) is 13.2. The number of nitrogens with one attached hydrogen (secondary N) is 1. The van der Waals surface area contributed by atoms with Crippen LogP contribution in [0.15, 0.2) is 54.3 Å². The predicted octanol–water partition coefficient (Wildman–Crippen LogP) is 3.14. The van der Waals surface area contributed by atoms with E-state index in [2.05, 4.69) is 5.32 Å². The fourth-order valence-electron chi connectivity index (χ4n) is 2.53. The lowest BCUT2D eigenvalue weighted by Gasteiger charge is -2.15. The van der Waals surface area contributed by atoms with Gasteiger partial charge in [-0.25, -0.2) is 4.90 Å². The molecule has 0 fully saturated rings. The molecule has 3 rings (SSSR count). The predicted molar refractivity (Wildman–Crippen MR) is 94.2 cm³/mol. The summed E-state index contributed by atoms with van der Waals surface area (Å²) in [6.07, 6.45) is 0. The van der Waals surface area contributed by atoms with Gasteiger partial charge in [0.15, 0.2) is 5.76 Å². The number of imide groups is 1. The van der Waals surface area contributed by atoms with E-state index in [1.807, 2.05) is 0 Å². The molecule has 6 nitrogen and oxygen atoms in total. The van der Waals surface area contributed by atoms with Crippen LogP contribution in [0.4, 0.5) is 11.4 Å². The highest BCUT2D eigenvalue weighted by Gasteiger charge is 2.40. The van der Waals surface area contributed by atoms with E-state index < -0.39 is 17.6 Å². The number of anilines is 2. The van der Waals surface area contributed by atoms with Crippen molar-refractivity contribution in [3.63, 3.8) is 0 Å². The average molecular weight is 357 g/mol. The molecular weight excluding hydrogens is 344 g/mol. The maximum atomic E-state index is 12.7. The molecule has 1 aliphatic rings. The second-order valence-corrected chi connectivity index (χ2v) is 5.84. The Hall–Kier alpha value is -3.12. The van der Waals surface area contributed by atoms with Gasteiger partial charge in [0.05, 0.1) is 11.3 Å². The highest BCUT2D eigenvalue weighted by Crippen LogP contribution is 2.32. The second kappa shape index (κ2) is 6.41. The highest BCUT2D eigenvalue weighted by molar-refractivity contribution is 6.45. The second-order valence-electron chi connectivity index (χ2n) is 5.40. The maximum Gasteiger partial charge on any atom is 0.301 e. The number of aliphatic hydroxyl groups excluding tert-OH is 1. The molecular formula is C18H13ClN2O4. The molecule has 1 heterocycles. The number of aliphatic hydroxyl groups is 1. The van der Waals surface area contributed by atoms with Gasteiger partial charge in [0.25, 0.3) is 5.91 Å². The first-order valence-electron chi connectivity index (χ1n) is 7.34. The van der Waals surface area contributed by atoms with E-state index in [4.69, 9.17) is 11.6 Å². The van der Waals surface area contributed by atoms with E-state index in [1.54, 1.807) is 36.4 Å². The largest absolute Gasteiger partial charge is 0.502 e. The zero-order valence-electron chi connectivity index (χ0n) is 13.1. The van der Waals surface area contributed by atoms with Crippen molar-refractivity contribution >= 4 is 46.3 Å². The number of hydrogen-bond donors (Lipinski definition) is 2. The zero-order valence-corrected chi connectivity index (χ0v) is 13.9. The van der Waals surface area contributed by atoms with Crippen LogP contribution in [0.1, 0.15) is 12.5 Å². The van der Waals surface area contributed by atoms with Crippen LogP contribution in [0.3, 0.4) is 0 Å². The molecule has 2 N–H and O–H groups in total. The Bertz CT molecular complexity index is 902. The molecule has 3 amide bonds. The fraction of sp³-hybridized carbons (Fsp3) is 0.0556. The molecule has 0 aliphatic carbocycles. The number of benzene rings is 2. The molecule has 7 heteroatoms. The number of carbonyl (C=O) groups is 3. The highest BCUT2D eigenvalue weighted by atomic mass is 35.5. The summed E-state index contributed by atoms with van der Waals surface area (Å²) in [5.74, 6) is -2.28. The fourth-order valence-corrected chi connectivity index (χ4v) is 2.65. The minimum atomic E-state index is -0.803. The lowest BCUT2D eigenvalue weighted by molar-refractivity contribution is -0.121. The van der Waals surface area contributed by atoms with Gasteiger partial charge in [-0.05, 0) is 42.0 Å². The molecule has 0 radical (unpaired) electrons. The van der Waals surface area contributed by atoms with Crippen molar-refractivity contribution in [3.8, 4) is 0 Å². The van der Waals surface area contributed by atoms with Crippen LogP contribution in [0.5, 0.6) is 0 Å². The van der Waals surface area contributed by atoms with Crippen LogP contribution in [0.2, 0.25) is 5.02 Å². The number of halogens is 1. The molecule has 0 aromatic heterocycles. The van der Waals surface area contributed by atoms with E-state index in [1.165, 1.54) is 19.1 Å². The quantitative estimate of drug-likeness (QED) is 0.827. The van der Waals surface area contributed by atoms with Crippen molar-refractivity contribution in [3.05, 3.63) is 64.9 Å². The summed E-state index contributed by atoms with van der Waals surface area (Å²) >= 11 is 5.82. The monoisotopic (exact) mass is 356 g/mol. The zero-order chi connectivity index (χ0) is 18.1. The summed E-state index contributed by atoms with van der Waals surface area (Å²) in [5.41, 5.74) is 1.15. The van der Waals surface area contributed by atoms with Crippen molar-refractivity contribution < 1.29 is 19.5 Å². The van der Waals surface area contributed by atoms with E-state index in [9.17, 15) is 19.5 Å². The Morgan fingerprint density at radius 2 is 1.60 bits per heavy atom. The Balaban J connectivity index is 1.93. The number of hydrogen-bond acceptors (Lipinski definition) is 4. The molecule has 0 unspecified atom stereocenters. The Morgan fingerprint density at radius 3 is 2.16 bits per heavy atom. The first kappa shape index (κ1) is 16.7. The van der Waals surface area contributed by atoms with Crippen molar-refractivity contribution in [2.24, 2.45) is 0 Å². The number of rotatable bonds is 3. The molecule has 0 saturated heterocycles. The van der Waals surface area contributed by atoms with E-state index in [0.29, 0.717) is 22.0 Å². The summed E-state index contributed by atoms with van der Waals surface area (Å²) in [6, 6.07) is 12.4. The first-order chi connectivity index (χ1) is 11.9. The SMILES string of the molecule is CC(=O)Nc1ccc(N2C(=O)C(O)=C(c3ccc(Cl)cc3)C2=O)cc1. The van der Waals surface area contributed by atoms with Crippen LogP contribution >= 0.6 is 11.6 Å². The minimum Gasteiger partial charge on any atom is -0.502 e. The Labute approximate surface area is 148 Å². The van der Waals surface area contributed by atoms with E-state index in [-0.39, 0.29) is 11.5 Å². The van der Waals surface area contributed by atoms with E-state index >= 15 is 0 Å². The first-order valence-corrected chi connectivity index (χ1v) is 7.72. The Kier molecular flexibility index (Phi) is 4.29. The van der Waals surface area contributed by atoms with Gasteiger partial charge in [0.2, 0.25) is 5.91 Å². The number of carbonyl (C=O) groups excluding carboxylic acids is 3. The van der Waals surface area contributed by atoms with Gasteiger partial charge in [-0.2, -0.15) is 0 Å². The van der Waals surface area contributed by atoms with Crippen molar-refractivity contribution in [1.29, 1.82) is 0 Å². The van der Waals surface area contributed by atoms with Gasteiger partial charge in [-0.1, -0.05) is 23.7 Å². The summed E-state index contributed by atoms with van der Waals surface area (Å²) in [7, 11) is 0. The summed E-state index contributed by atoms with van der Waals surface area (Å²) in [4.78, 5) is 36.9. The molecule has 126 valence electrons. The lowest BCUT2D eigenvalue weighted by atomic mass is 10.1. The van der Waals surface area contributed by atoms with Crippen LogP contribution in [-0.4, -0.2) is 22.8 Å². The van der Waals surface area contributed by atoms with Gasteiger partial charge < -0.3 is 10.4 Å². The summed E-state index contributed by atoms with van der Waals surface area (Å²) in [6.45, 7) is 1.38. The molecule has 0 saturated carbocycles. The molecule has 1 aliphatic heterocycles. The normalized spacial score (nSPS) is 14.2. The molecule has 0 spiro atoms. The van der Waals surface area contributed by atoms with Crippen molar-refractivity contribution in [1.82, 2.24) is 0 Å². The van der Waals surface area contributed by atoms with Gasteiger partial charge in [-0.15, -0.1) is 0 Å². The standard InChI is InChI=1S/C18H13ClN2O4/c1-10(22)20-13-6-8-14(9-7-13)21-17(24)15(16(23)18(21)25)11-2-4-12(19)5-3-11/h2-9,23H,1H3,(H,20,22). The molecule has 2 aromatic carbocycles. The third-order valence-corrected chi connectivity index (χ3v) is 3.89. The minimum absolute atomic E-state index is 0.0763. The van der Waals surface area contributed by atoms with Gasteiger partial charge in [-0.3, -0.25) is 14.4 Å². The summed E-state index contributed by atoms with van der Waals surface area (Å²) < 4.78 is 0. The Morgan fingerprint density at radius 1 is 1.00 bits per heavy atom. The van der Waals surface area contributed by atoms with Crippen molar-refractivity contribution in [2.75, 3.05) is 10.2 Å². The number of amides is 3. The maximum absolute atomic E-state index is 12.7. The third kappa shape index (κ3) is 3.12. The van der Waals surface area contributed by atoms with Crippen molar-refractivity contribution in [2.45, 2.75) is 6.92 Å². The molecule has 2 aromatic rings. The van der Waals surface area contributed by atoms with Crippen LogP contribution in [0, 0.1) is 0 Å². The van der Waals surface area contributed by atoms with Crippen LogP contribution in [0.25, 0.3) is 5.57 Å². The molecule has 0 bridgehead atoms. The van der Waals surface area contributed by atoms with Gasteiger partial charge >= 0.3 is 5.91 Å². The number of nitrogens with zero attached hydrogens (tertiary/aromatic N) is 1. The molecule has 25 heavy (non-hydrogen) atoms. The van der Waals surface area contributed by atoms with E-state index in [0.717, 1.165) is 4.90 Å². The van der Waals surface area contributed by atoms with Gasteiger partial charge in [0.1, 0.15) is 0 Å². The smallest absolute Gasteiger partial charge is 0.301 e. The topological polar surface area (TPSA) is 86.7 Å². The average Bonchev–Trinajstić information content (AvgIpc) is 2.79. The lowest BCUT2D eigenvalue weighted by Crippen LogP contribution is -2.31. The third-order valence-electron chi connectivity index (χ3n) is 3.64. The van der Waals surface area contributed by atoms with Gasteiger partial charge in [0, 0.05) is 17.6 Å².